The van der Waals surface area contributed by atoms with E-state index in [1.807, 2.05) is 13.1 Å². The first kappa shape index (κ1) is 16.9. The molecule has 0 saturated carbocycles. The van der Waals surface area contributed by atoms with Gasteiger partial charge in [-0.1, -0.05) is 37.3 Å². The minimum atomic E-state index is 0.568. The normalized spacial score (nSPS) is 18.2. The molecule has 0 radical (unpaired) electrons. The lowest BCUT2D eigenvalue weighted by molar-refractivity contribution is 0.207. The average Bonchev–Trinajstić information content (AvgIpc) is 2.62. The summed E-state index contributed by atoms with van der Waals surface area (Å²) < 4.78 is 0. The van der Waals surface area contributed by atoms with Crippen LogP contribution >= 0.6 is 0 Å². The van der Waals surface area contributed by atoms with Gasteiger partial charge in [-0.15, -0.1) is 0 Å². The predicted octanol–water partition coefficient (Wildman–Crippen LogP) is 3.45. The maximum atomic E-state index is 4.74. The summed E-state index contributed by atoms with van der Waals surface area (Å²) in [5.41, 5.74) is 2.64. The molecule has 1 aliphatic rings. The van der Waals surface area contributed by atoms with Crippen LogP contribution in [0.3, 0.4) is 0 Å². The van der Waals surface area contributed by atoms with Crippen molar-refractivity contribution in [2.24, 2.45) is 0 Å². The second-order valence-corrected chi connectivity index (χ2v) is 6.76. The summed E-state index contributed by atoms with van der Waals surface area (Å²) >= 11 is 0. The van der Waals surface area contributed by atoms with Crippen molar-refractivity contribution in [3.8, 4) is 0 Å². The molecule has 0 N–H and O–H groups in total. The third-order valence-corrected chi connectivity index (χ3v) is 4.94. The first-order valence-corrected chi connectivity index (χ1v) is 8.99. The minimum absolute atomic E-state index is 0.568. The number of hydrogen-bond acceptors (Lipinski definition) is 4. The van der Waals surface area contributed by atoms with Crippen LogP contribution in [0, 0.1) is 6.92 Å². The zero-order valence-electron chi connectivity index (χ0n) is 15.1. The van der Waals surface area contributed by atoms with E-state index in [-0.39, 0.29) is 0 Å². The first-order valence-electron chi connectivity index (χ1n) is 8.99. The largest absolute Gasteiger partial charge is 0.355 e. The summed E-state index contributed by atoms with van der Waals surface area (Å²) in [5, 5.41) is 0. The van der Waals surface area contributed by atoms with Crippen molar-refractivity contribution in [1.29, 1.82) is 0 Å². The summed E-state index contributed by atoms with van der Waals surface area (Å²) in [5.74, 6) is 2.00. The fourth-order valence-electron chi connectivity index (χ4n) is 3.51. The summed E-state index contributed by atoms with van der Waals surface area (Å²) in [7, 11) is 2.24. The molecule has 0 bridgehead atoms. The molecule has 2 aromatic rings. The molecule has 0 amide bonds. The van der Waals surface area contributed by atoms with Crippen LogP contribution in [0.5, 0.6) is 0 Å². The third-order valence-electron chi connectivity index (χ3n) is 4.94. The Morgan fingerprint density at radius 1 is 1.25 bits per heavy atom. The number of aryl methyl sites for hydroxylation is 2. The molecule has 4 heteroatoms. The van der Waals surface area contributed by atoms with E-state index >= 15 is 0 Å². The number of nitrogens with zero attached hydrogens (tertiary/aromatic N) is 4. The molecule has 0 aliphatic carbocycles. The third kappa shape index (κ3) is 3.93. The van der Waals surface area contributed by atoms with Crippen LogP contribution in [-0.2, 0) is 13.0 Å². The number of benzene rings is 1. The van der Waals surface area contributed by atoms with E-state index in [9.17, 15) is 0 Å². The Kier molecular flexibility index (Phi) is 5.46. The van der Waals surface area contributed by atoms with E-state index in [0.717, 1.165) is 37.7 Å². The van der Waals surface area contributed by atoms with E-state index in [2.05, 4.69) is 59.1 Å². The highest BCUT2D eigenvalue weighted by Crippen LogP contribution is 2.24. The van der Waals surface area contributed by atoms with Gasteiger partial charge in [-0.3, -0.25) is 4.90 Å². The summed E-state index contributed by atoms with van der Waals surface area (Å²) in [6.07, 6.45) is 5.45. The average molecular weight is 324 g/mol. The Morgan fingerprint density at radius 3 is 2.79 bits per heavy atom. The van der Waals surface area contributed by atoms with Gasteiger partial charge < -0.3 is 4.90 Å². The van der Waals surface area contributed by atoms with Crippen molar-refractivity contribution in [1.82, 2.24) is 14.9 Å². The van der Waals surface area contributed by atoms with Gasteiger partial charge in [0.25, 0.3) is 0 Å². The van der Waals surface area contributed by atoms with Crippen LogP contribution in [-0.4, -0.2) is 41.0 Å². The van der Waals surface area contributed by atoms with Gasteiger partial charge in [0, 0.05) is 37.4 Å². The van der Waals surface area contributed by atoms with Gasteiger partial charge in [0.2, 0.25) is 0 Å². The van der Waals surface area contributed by atoms with E-state index in [1.165, 1.54) is 24.0 Å². The molecule has 128 valence electrons. The van der Waals surface area contributed by atoms with Crippen LogP contribution in [0.4, 0.5) is 5.82 Å². The molecule has 1 fully saturated rings. The molecule has 24 heavy (non-hydrogen) atoms. The van der Waals surface area contributed by atoms with Crippen LogP contribution in [0.15, 0.2) is 36.5 Å². The molecule has 1 aromatic heterocycles. The lowest BCUT2D eigenvalue weighted by atomic mass is 10.0. The van der Waals surface area contributed by atoms with Crippen molar-refractivity contribution in [2.75, 3.05) is 25.0 Å². The highest BCUT2D eigenvalue weighted by atomic mass is 15.3. The maximum Gasteiger partial charge on any atom is 0.135 e. The number of likely N-dealkylation sites (N-methyl/N-ethyl adjacent to an activating group) is 1. The van der Waals surface area contributed by atoms with Gasteiger partial charge in [-0.2, -0.15) is 0 Å². The second kappa shape index (κ2) is 7.75. The van der Waals surface area contributed by atoms with Gasteiger partial charge in [0.05, 0.1) is 0 Å². The molecule has 2 heterocycles. The van der Waals surface area contributed by atoms with Gasteiger partial charge in [-0.25, -0.2) is 9.97 Å². The number of aromatic nitrogens is 2. The Labute approximate surface area is 145 Å². The summed E-state index contributed by atoms with van der Waals surface area (Å²) in [6, 6.07) is 11.3. The van der Waals surface area contributed by atoms with E-state index in [1.54, 1.807) is 0 Å². The van der Waals surface area contributed by atoms with E-state index in [4.69, 9.17) is 4.98 Å². The monoisotopic (exact) mass is 324 g/mol. The smallest absolute Gasteiger partial charge is 0.135 e. The minimum Gasteiger partial charge on any atom is -0.355 e. The van der Waals surface area contributed by atoms with Gasteiger partial charge in [0.1, 0.15) is 11.6 Å². The number of rotatable bonds is 5. The molecular weight excluding hydrogens is 296 g/mol. The Bertz CT molecular complexity index is 656. The lowest BCUT2D eigenvalue weighted by Crippen LogP contribution is -2.46. The molecule has 1 atom stereocenters. The Hall–Kier alpha value is -1.94. The summed E-state index contributed by atoms with van der Waals surface area (Å²) in [6.45, 7) is 7.31. The van der Waals surface area contributed by atoms with Crippen LogP contribution in [0.1, 0.15) is 36.7 Å². The topological polar surface area (TPSA) is 32.3 Å². The van der Waals surface area contributed by atoms with Crippen molar-refractivity contribution < 1.29 is 0 Å². The zero-order chi connectivity index (χ0) is 16.9. The highest BCUT2D eigenvalue weighted by molar-refractivity contribution is 5.46. The lowest BCUT2D eigenvalue weighted by Gasteiger charge is -2.39. The number of anilines is 1. The Morgan fingerprint density at radius 2 is 2.04 bits per heavy atom. The first-order chi connectivity index (χ1) is 11.7. The molecule has 0 unspecified atom stereocenters. The van der Waals surface area contributed by atoms with E-state index < -0.39 is 0 Å². The van der Waals surface area contributed by atoms with E-state index in [0.29, 0.717) is 6.04 Å². The van der Waals surface area contributed by atoms with Crippen molar-refractivity contribution in [3.05, 3.63) is 53.5 Å². The van der Waals surface area contributed by atoms with Crippen molar-refractivity contribution in [2.45, 2.75) is 45.7 Å². The second-order valence-electron chi connectivity index (χ2n) is 6.76. The van der Waals surface area contributed by atoms with Crippen LogP contribution in [0.2, 0.25) is 0 Å². The van der Waals surface area contributed by atoms with Gasteiger partial charge >= 0.3 is 0 Å². The molecule has 0 spiro atoms. The highest BCUT2D eigenvalue weighted by Gasteiger charge is 2.25. The quantitative estimate of drug-likeness (QED) is 0.843. The van der Waals surface area contributed by atoms with Gasteiger partial charge in [0.15, 0.2) is 0 Å². The molecular formula is C20H28N4. The van der Waals surface area contributed by atoms with Gasteiger partial charge in [-0.05, 0) is 38.8 Å². The molecule has 3 rings (SSSR count). The maximum absolute atomic E-state index is 4.74. The number of hydrogen-bond donors (Lipinski definition) is 0. The predicted molar refractivity (Wildman–Crippen MR) is 99.3 cm³/mol. The number of piperidine rings is 1. The molecule has 1 aromatic carbocycles. The van der Waals surface area contributed by atoms with Crippen molar-refractivity contribution in [3.63, 3.8) is 0 Å². The Balaban J connectivity index is 1.71. The standard InChI is InChI=1S/C20H28N4/c1-4-18-13-21-16(2)22-20(18)24-12-8-11-19(15-24)23(3)14-17-9-6-5-7-10-17/h5-7,9-10,13,19H,4,8,11-12,14-15H2,1-3H3/t19-/m0/s1. The van der Waals surface area contributed by atoms with Crippen molar-refractivity contribution >= 4 is 5.82 Å². The molecule has 1 saturated heterocycles. The van der Waals surface area contributed by atoms with Crippen LogP contribution < -0.4 is 4.90 Å². The molecule has 4 nitrogen and oxygen atoms in total. The molecule has 1 aliphatic heterocycles. The summed E-state index contributed by atoms with van der Waals surface area (Å²) in [4.78, 5) is 14.1. The fraction of sp³-hybridized carbons (Fsp3) is 0.500. The van der Waals surface area contributed by atoms with Crippen LogP contribution in [0.25, 0.3) is 0 Å². The fourth-order valence-corrected chi connectivity index (χ4v) is 3.51. The SMILES string of the molecule is CCc1cnc(C)nc1N1CCC[C@H](N(C)Cc2ccccc2)C1. The zero-order valence-corrected chi connectivity index (χ0v) is 15.1.